The number of cyclic esters (lactones) is 1. The Bertz CT molecular complexity index is 770. The molecule has 0 saturated carbocycles. The van der Waals surface area contributed by atoms with Gasteiger partial charge in [-0.25, -0.2) is 4.79 Å². The van der Waals surface area contributed by atoms with Crippen LogP contribution in [0.1, 0.15) is 57.1 Å². The van der Waals surface area contributed by atoms with Gasteiger partial charge in [-0.15, -0.1) is 0 Å². The van der Waals surface area contributed by atoms with Gasteiger partial charge in [-0.05, 0) is 36.6 Å². The highest BCUT2D eigenvalue weighted by molar-refractivity contribution is 5.96. The molecule has 30 heavy (non-hydrogen) atoms. The van der Waals surface area contributed by atoms with Crippen molar-refractivity contribution in [2.24, 2.45) is 5.92 Å². The normalized spacial score (nSPS) is 21.5. The average molecular weight is 428 g/mol. The summed E-state index contributed by atoms with van der Waals surface area (Å²) in [6.45, 7) is 3.11. The van der Waals surface area contributed by atoms with Crippen LogP contribution in [0.5, 0.6) is 0 Å². The van der Waals surface area contributed by atoms with Gasteiger partial charge in [0.2, 0.25) is 0 Å². The topological polar surface area (TPSA) is 72.8 Å². The number of carbonyl (C=O) groups is 2. The molecule has 2 unspecified atom stereocenters. The minimum absolute atomic E-state index is 0.0115. The first kappa shape index (κ1) is 23.9. The predicted molar refractivity (Wildman–Crippen MR) is 104 cm³/mol. The van der Waals surface area contributed by atoms with Crippen molar-refractivity contribution in [1.29, 1.82) is 0 Å². The molecule has 5 nitrogen and oxygen atoms in total. The zero-order chi connectivity index (χ0) is 22.4. The van der Waals surface area contributed by atoms with E-state index in [-0.39, 0.29) is 24.5 Å². The van der Waals surface area contributed by atoms with Crippen LogP contribution in [0.2, 0.25) is 0 Å². The van der Waals surface area contributed by atoms with Crippen LogP contribution in [0.4, 0.5) is 13.2 Å². The van der Waals surface area contributed by atoms with E-state index in [1.807, 2.05) is 13.8 Å². The van der Waals surface area contributed by atoms with Crippen molar-refractivity contribution in [3.8, 4) is 0 Å². The van der Waals surface area contributed by atoms with E-state index in [0.717, 1.165) is 25.0 Å². The fourth-order valence-electron chi connectivity index (χ4n) is 3.27. The second kappa shape index (κ2) is 10.1. The van der Waals surface area contributed by atoms with Gasteiger partial charge in [0.15, 0.2) is 5.60 Å². The number of unbranched alkanes of at least 4 members (excludes halogenated alkanes) is 1. The zero-order valence-corrected chi connectivity index (χ0v) is 17.1. The maximum absolute atomic E-state index is 12.7. The molecule has 8 heteroatoms. The van der Waals surface area contributed by atoms with Gasteiger partial charge in [0, 0.05) is 12.0 Å². The summed E-state index contributed by atoms with van der Waals surface area (Å²) in [6.07, 6.45) is 0.149. The number of hydrogen-bond acceptors (Lipinski definition) is 5. The van der Waals surface area contributed by atoms with Gasteiger partial charge in [-0.3, -0.25) is 4.79 Å². The fourth-order valence-corrected chi connectivity index (χ4v) is 3.27. The average Bonchev–Trinajstić information content (AvgIpc) is 3.02. The predicted octanol–water partition coefficient (Wildman–Crippen LogP) is 4.53. The Kier molecular flexibility index (Phi) is 8.06. The van der Waals surface area contributed by atoms with Crippen molar-refractivity contribution in [2.45, 2.75) is 57.7 Å². The quantitative estimate of drug-likeness (QED) is 0.462. The Hall–Kier alpha value is -2.35. The first-order valence-electron chi connectivity index (χ1n) is 10.0. The second-order valence-electron chi connectivity index (χ2n) is 7.55. The maximum atomic E-state index is 12.7. The Morgan fingerprint density at radius 2 is 1.97 bits per heavy atom. The van der Waals surface area contributed by atoms with E-state index in [9.17, 15) is 27.9 Å². The summed E-state index contributed by atoms with van der Waals surface area (Å²) < 4.78 is 48.7. The minimum atomic E-state index is -4.44. The molecule has 0 aliphatic carbocycles. The third kappa shape index (κ3) is 6.08. The van der Waals surface area contributed by atoms with Crippen molar-refractivity contribution in [2.75, 3.05) is 13.2 Å². The van der Waals surface area contributed by atoms with Crippen molar-refractivity contribution in [1.82, 2.24) is 0 Å². The number of esters is 2. The largest absolute Gasteiger partial charge is 0.461 e. The highest BCUT2D eigenvalue weighted by atomic mass is 19.4. The van der Waals surface area contributed by atoms with Crippen LogP contribution in [-0.2, 0) is 25.2 Å². The number of aliphatic hydroxyl groups is 1. The molecule has 1 aliphatic rings. The fraction of sp³-hybridized carbons (Fsp3) is 0.545. The number of alkyl halides is 3. The highest BCUT2D eigenvalue weighted by Gasteiger charge is 2.45. The Morgan fingerprint density at radius 1 is 1.30 bits per heavy atom. The van der Waals surface area contributed by atoms with Gasteiger partial charge in [-0.2, -0.15) is 13.2 Å². The van der Waals surface area contributed by atoms with Gasteiger partial charge in [0.1, 0.15) is 6.61 Å². The number of ether oxygens (including phenoxy) is 2. The SMILES string of the molecule is CCCCC(CC)C(=O)OCC1(CO)C/C(=C\c2ccc(C(F)(F)F)cc2)C(=O)O1. The summed E-state index contributed by atoms with van der Waals surface area (Å²) in [5.41, 5.74) is -1.58. The highest BCUT2D eigenvalue weighted by Crippen LogP contribution is 2.34. The van der Waals surface area contributed by atoms with Crippen molar-refractivity contribution in [3.63, 3.8) is 0 Å². The number of benzene rings is 1. The van der Waals surface area contributed by atoms with Gasteiger partial charge in [-0.1, -0.05) is 38.8 Å². The van der Waals surface area contributed by atoms with Crippen LogP contribution in [0, 0.1) is 5.92 Å². The lowest BCUT2D eigenvalue weighted by Crippen LogP contribution is -2.40. The summed E-state index contributed by atoms with van der Waals surface area (Å²) in [4.78, 5) is 24.5. The second-order valence-corrected chi connectivity index (χ2v) is 7.55. The molecule has 166 valence electrons. The Morgan fingerprint density at radius 3 is 2.50 bits per heavy atom. The van der Waals surface area contributed by atoms with Gasteiger partial charge < -0.3 is 14.6 Å². The summed E-state index contributed by atoms with van der Waals surface area (Å²) in [7, 11) is 0. The van der Waals surface area contributed by atoms with E-state index in [4.69, 9.17) is 9.47 Å². The van der Waals surface area contributed by atoms with E-state index in [2.05, 4.69) is 0 Å². The molecule has 0 radical (unpaired) electrons. The number of halogens is 3. The molecule has 0 amide bonds. The van der Waals surface area contributed by atoms with E-state index in [1.54, 1.807) is 0 Å². The molecule has 1 N–H and O–H groups in total. The molecule has 2 rings (SSSR count). The number of rotatable bonds is 9. The van der Waals surface area contributed by atoms with E-state index < -0.39 is 35.9 Å². The number of aliphatic hydroxyl groups excluding tert-OH is 1. The molecule has 1 aromatic carbocycles. The summed E-state index contributed by atoms with van der Waals surface area (Å²) >= 11 is 0. The molecule has 1 aliphatic heterocycles. The summed E-state index contributed by atoms with van der Waals surface area (Å²) in [6, 6.07) is 4.35. The molecule has 1 heterocycles. The minimum Gasteiger partial charge on any atom is -0.461 e. The first-order chi connectivity index (χ1) is 14.1. The molecule has 0 bridgehead atoms. The van der Waals surface area contributed by atoms with E-state index in [0.29, 0.717) is 18.4 Å². The van der Waals surface area contributed by atoms with Crippen LogP contribution in [0.3, 0.4) is 0 Å². The van der Waals surface area contributed by atoms with Crippen LogP contribution in [0.15, 0.2) is 29.8 Å². The van der Waals surface area contributed by atoms with E-state index in [1.165, 1.54) is 18.2 Å². The number of hydrogen-bond donors (Lipinski definition) is 1. The van der Waals surface area contributed by atoms with Gasteiger partial charge in [0.25, 0.3) is 0 Å². The molecule has 2 atom stereocenters. The Balaban J connectivity index is 2.07. The van der Waals surface area contributed by atoms with Crippen molar-refractivity contribution >= 4 is 18.0 Å². The lowest BCUT2D eigenvalue weighted by Gasteiger charge is -2.25. The molecular formula is C22H27F3O5. The van der Waals surface area contributed by atoms with Crippen LogP contribution < -0.4 is 0 Å². The zero-order valence-electron chi connectivity index (χ0n) is 17.1. The lowest BCUT2D eigenvalue weighted by atomic mass is 9.97. The number of carbonyl (C=O) groups excluding carboxylic acids is 2. The first-order valence-corrected chi connectivity index (χ1v) is 10.0. The van der Waals surface area contributed by atoms with Gasteiger partial charge in [0.05, 0.1) is 18.1 Å². The third-order valence-corrected chi connectivity index (χ3v) is 5.16. The Labute approximate surface area is 173 Å². The summed E-state index contributed by atoms with van der Waals surface area (Å²) in [5.74, 6) is -1.34. The van der Waals surface area contributed by atoms with Crippen LogP contribution in [-0.4, -0.2) is 35.9 Å². The molecule has 1 saturated heterocycles. The van der Waals surface area contributed by atoms with E-state index >= 15 is 0 Å². The third-order valence-electron chi connectivity index (χ3n) is 5.16. The lowest BCUT2D eigenvalue weighted by molar-refractivity contribution is -0.169. The van der Waals surface area contributed by atoms with Crippen LogP contribution >= 0.6 is 0 Å². The van der Waals surface area contributed by atoms with Crippen molar-refractivity contribution in [3.05, 3.63) is 41.0 Å². The summed E-state index contributed by atoms with van der Waals surface area (Å²) in [5, 5.41) is 9.77. The molecule has 0 aromatic heterocycles. The molecule has 1 aromatic rings. The van der Waals surface area contributed by atoms with Crippen molar-refractivity contribution < 1.29 is 37.3 Å². The molecule has 0 spiro atoms. The van der Waals surface area contributed by atoms with Crippen LogP contribution in [0.25, 0.3) is 6.08 Å². The monoisotopic (exact) mass is 428 g/mol. The molecular weight excluding hydrogens is 401 g/mol. The van der Waals surface area contributed by atoms with Gasteiger partial charge >= 0.3 is 18.1 Å². The molecule has 1 fully saturated rings. The standard InChI is InChI=1S/C22H27F3O5/c1-3-5-6-16(4-2)19(27)29-14-21(13-26)12-17(20(28)30-21)11-15-7-9-18(10-8-15)22(23,24)25/h7-11,16,26H,3-6,12-14H2,1-2H3/b17-11+. The maximum Gasteiger partial charge on any atom is 0.416 e. The smallest absolute Gasteiger partial charge is 0.416 e.